The highest BCUT2D eigenvalue weighted by molar-refractivity contribution is 5.76. The lowest BCUT2D eigenvalue weighted by Crippen LogP contribution is -2.38. The molecule has 0 aliphatic heterocycles. The van der Waals surface area contributed by atoms with E-state index in [1.54, 1.807) is 11.8 Å². The zero-order valence-electron chi connectivity index (χ0n) is 16.0. The molecule has 0 fully saturated rings. The molecule has 1 unspecified atom stereocenters. The molecule has 0 saturated carbocycles. The van der Waals surface area contributed by atoms with Crippen molar-refractivity contribution in [3.8, 4) is 0 Å². The number of rotatable bonds is 16. The van der Waals surface area contributed by atoms with Crippen LogP contribution in [0.3, 0.4) is 0 Å². The third kappa shape index (κ3) is 13.6. The van der Waals surface area contributed by atoms with Gasteiger partial charge in [0.2, 0.25) is 5.91 Å². The minimum atomic E-state index is -0.658. The topological polar surface area (TPSA) is 40.5 Å². The van der Waals surface area contributed by atoms with Gasteiger partial charge in [-0.25, -0.2) is 0 Å². The lowest BCUT2D eigenvalue weighted by Gasteiger charge is -2.23. The molecular weight excluding hydrogens is 286 g/mol. The summed E-state index contributed by atoms with van der Waals surface area (Å²) < 4.78 is 0. The monoisotopic (exact) mass is 327 g/mol. The number of hydrogen-bond acceptors (Lipinski definition) is 2. The normalized spacial score (nSPS) is 12.3. The van der Waals surface area contributed by atoms with Crippen molar-refractivity contribution in [3.05, 3.63) is 0 Å². The Labute approximate surface area is 144 Å². The highest BCUT2D eigenvalue weighted by Crippen LogP contribution is 2.13. The summed E-state index contributed by atoms with van der Waals surface area (Å²) in [7, 11) is 0. The Morgan fingerprint density at radius 1 is 0.783 bits per heavy atom. The van der Waals surface area contributed by atoms with Crippen LogP contribution in [0.4, 0.5) is 0 Å². The van der Waals surface area contributed by atoms with Crippen molar-refractivity contribution in [2.24, 2.45) is 0 Å². The maximum atomic E-state index is 11.9. The van der Waals surface area contributed by atoms with Crippen LogP contribution in [0.5, 0.6) is 0 Å². The molecule has 1 N–H and O–H groups in total. The number of aliphatic hydroxyl groups is 1. The van der Waals surface area contributed by atoms with Crippen LogP contribution >= 0.6 is 0 Å². The van der Waals surface area contributed by atoms with Gasteiger partial charge >= 0.3 is 0 Å². The maximum Gasteiger partial charge on any atom is 0.224 e. The molecule has 138 valence electrons. The van der Waals surface area contributed by atoms with E-state index in [9.17, 15) is 9.90 Å². The highest BCUT2D eigenvalue weighted by atomic mass is 16.3. The third-order valence-electron chi connectivity index (χ3n) is 4.61. The van der Waals surface area contributed by atoms with Crippen LogP contribution < -0.4 is 0 Å². The van der Waals surface area contributed by atoms with Gasteiger partial charge in [0, 0.05) is 13.0 Å². The van der Waals surface area contributed by atoms with Crippen molar-refractivity contribution in [3.63, 3.8) is 0 Å². The summed E-state index contributed by atoms with van der Waals surface area (Å²) in [4.78, 5) is 13.4. The van der Waals surface area contributed by atoms with E-state index in [-0.39, 0.29) is 5.91 Å². The lowest BCUT2D eigenvalue weighted by molar-refractivity contribution is -0.139. The van der Waals surface area contributed by atoms with Gasteiger partial charge in [0.15, 0.2) is 0 Å². The van der Waals surface area contributed by atoms with Crippen LogP contribution in [0.2, 0.25) is 0 Å². The largest absolute Gasteiger partial charge is 0.374 e. The summed E-state index contributed by atoms with van der Waals surface area (Å²) in [5.74, 6) is 0.0885. The molecule has 3 heteroatoms. The van der Waals surface area contributed by atoms with Crippen molar-refractivity contribution in [1.82, 2.24) is 4.90 Å². The van der Waals surface area contributed by atoms with Crippen molar-refractivity contribution in [1.29, 1.82) is 0 Å². The van der Waals surface area contributed by atoms with Crippen molar-refractivity contribution < 1.29 is 9.90 Å². The Kier molecular flexibility index (Phi) is 15.9. The van der Waals surface area contributed by atoms with E-state index in [1.807, 2.05) is 6.92 Å². The molecule has 0 saturated heterocycles. The molecular formula is C20H41NO2. The Morgan fingerprint density at radius 3 is 1.52 bits per heavy atom. The number of nitrogens with zero attached hydrogens (tertiary/aromatic N) is 1. The standard InChI is InChI=1S/C20H41NO2/c1-4-6-7-8-9-10-11-12-13-14-15-16-17-18-20(23)21(5-2)19(3)22/h19,22H,4-18H2,1-3H3. The van der Waals surface area contributed by atoms with Gasteiger partial charge in [-0.1, -0.05) is 84.0 Å². The molecule has 23 heavy (non-hydrogen) atoms. The summed E-state index contributed by atoms with van der Waals surface area (Å²) in [6, 6.07) is 0. The van der Waals surface area contributed by atoms with E-state index in [4.69, 9.17) is 0 Å². The van der Waals surface area contributed by atoms with Gasteiger partial charge in [-0.05, 0) is 20.3 Å². The van der Waals surface area contributed by atoms with Gasteiger partial charge < -0.3 is 10.0 Å². The summed E-state index contributed by atoms with van der Waals surface area (Å²) in [5, 5.41) is 9.49. The van der Waals surface area contributed by atoms with Crippen molar-refractivity contribution >= 4 is 5.91 Å². The lowest BCUT2D eigenvalue weighted by atomic mass is 10.0. The minimum Gasteiger partial charge on any atom is -0.374 e. The second-order valence-corrected chi connectivity index (χ2v) is 6.80. The van der Waals surface area contributed by atoms with Gasteiger partial charge in [0.05, 0.1) is 0 Å². The Bertz CT molecular complexity index is 266. The molecule has 3 nitrogen and oxygen atoms in total. The third-order valence-corrected chi connectivity index (χ3v) is 4.61. The zero-order chi connectivity index (χ0) is 17.3. The number of carbonyl (C=O) groups excluding carboxylic acids is 1. The first-order valence-electron chi connectivity index (χ1n) is 10.1. The molecule has 0 aliphatic rings. The van der Waals surface area contributed by atoms with E-state index in [1.165, 1.54) is 70.6 Å². The minimum absolute atomic E-state index is 0.0885. The Morgan fingerprint density at radius 2 is 1.17 bits per heavy atom. The van der Waals surface area contributed by atoms with Crippen LogP contribution in [-0.4, -0.2) is 28.7 Å². The van der Waals surface area contributed by atoms with E-state index in [0.717, 1.165) is 12.8 Å². The van der Waals surface area contributed by atoms with Crippen LogP contribution in [0.25, 0.3) is 0 Å². The predicted molar refractivity (Wildman–Crippen MR) is 99.4 cm³/mol. The number of amides is 1. The number of hydrogen-bond donors (Lipinski definition) is 1. The molecule has 0 aliphatic carbocycles. The van der Waals surface area contributed by atoms with Crippen LogP contribution in [-0.2, 0) is 4.79 Å². The molecule has 1 amide bonds. The fourth-order valence-electron chi connectivity index (χ4n) is 3.09. The first kappa shape index (κ1) is 22.4. The number of aliphatic hydroxyl groups excluding tert-OH is 1. The average molecular weight is 328 g/mol. The van der Waals surface area contributed by atoms with Crippen LogP contribution in [0.1, 0.15) is 111 Å². The molecule has 0 heterocycles. The molecule has 0 radical (unpaired) electrons. The molecule has 0 spiro atoms. The summed E-state index contributed by atoms with van der Waals surface area (Å²) in [5.41, 5.74) is 0. The fourth-order valence-corrected chi connectivity index (χ4v) is 3.09. The van der Waals surface area contributed by atoms with Crippen molar-refractivity contribution in [2.75, 3.05) is 6.54 Å². The second kappa shape index (κ2) is 16.3. The Hall–Kier alpha value is -0.570. The van der Waals surface area contributed by atoms with Gasteiger partial charge in [0.25, 0.3) is 0 Å². The molecule has 0 aromatic rings. The van der Waals surface area contributed by atoms with Gasteiger partial charge in [-0.3, -0.25) is 4.79 Å². The first-order chi connectivity index (χ1) is 11.1. The number of unbranched alkanes of at least 4 members (excludes halogenated alkanes) is 12. The summed E-state index contributed by atoms with van der Waals surface area (Å²) >= 11 is 0. The fraction of sp³-hybridized carbons (Fsp3) is 0.950. The van der Waals surface area contributed by atoms with E-state index in [0.29, 0.717) is 13.0 Å². The second-order valence-electron chi connectivity index (χ2n) is 6.80. The predicted octanol–water partition coefficient (Wildman–Crippen LogP) is 5.65. The molecule has 0 aromatic carbocycles. The molecule has 0 bridgehead atoms. The van der Waals surface area contributed by atoms with E-state index >= 15 is 0 Å². The van der Waals surface area contributed by atoms with E-state index < -0.39 is 6.23 Å². The highest BCUT2D eigenvalue weighted by Gasteiger charge is 2.14. The molecule has 0 rings (SSSR count). The first-order valence-corrected chi connectivity index (χ1v) is 10.1. The maximum absolute atomic E-state index is 11.9. The van der Waals surface area contributed by atoms with Gasteiger partial charge in [0.1, 0.15) is 6.23 Å². The number of carbonyl (C=O) groups is 1. The molecule has 1 atom stereocenters. The van der Waals surface area contributed by atoms with Crippen molar-refractivity contribution in [2.45, 2.75) is 117 Å². The average Bonchev–Trinajstić information content (AvgIpc) is 2.52. The smallest absolute Gasteiger partial charge is 0.224 e. The molecule has 0 aromatic heterocycles. The summed E-state index contributed by atoms with van der Waals surface area (Å²) in [6.45, 7) is 6.43. The summed E-state index contributed by atoms with van der Waals surface area (Å²) in [6.07, 6.45) is 17.1. The quantitative estimate of drug-likeness (QED) is 0.294. The van der Waals surface area contributed by atoms with Crippen LogP contribution in [0, 0.1) is 0 Å². The zero-order valence-corrected chi connectivity index (χ0v) is 16.0. The van der Waals surface area contributed by atoms with Crippen LogP contribution in [0.15, 0.2) is 0 Å². The Balaban J connectivity index is 3.29. The van der Waals surface area contributed by atoms with Gasteiger partial charge in [-0.15, -0.1) is 0 Å². The van der Waals surface area contributed by atoms with Gasteiger partial charge in [-0.2, -0.15) is 0 Å². The van der Waals surface area contributed by atoms with E-state index in [2.05, 4.69) is 6.92 Å². The SMILES string of the molecule is CCCCCCCCCCCCCCCC(=O)N(CC)C(C)O.